The minimum atomic E-state index is 0.651. The van der Waals surface area contributed by atoms with Crippen LogP contribution >= 0.6 is 11.3 Å². The molecule has 21 heavy (non-hydrogen) atoms. The number of methoxy groups -OCH3 is 1. The molecule has 2 aromatic rings. The van der Waals surface area contributed by atoms with Crippen molar-refractivity contribution in [3.05, 3.63) is 35.3 Å². The highest BCUT2D eigenvalue weighted by Gasteiger charge is 2.20. The fraction of sp³-hybridized carbons (Fsp3) is 0.400. The van der Waals surface area contributed by atoms with Gasteiger partial charge in [-0.05, 0) is 12.1 Å². The van der Waals surface area contributed by atoms with Crippen molar-refractivity contribution in [3.8, 4) is 5.75 Å². The van der Waals surface area contributed by atoms with Crippen LogP contribution in [0.5, 0.6) is 5.75 Å². The van der Waals surface area contributed by atoms with Crippen LogP contribution in [0.2, 0.25) is 0 Å². The van der Waals surface area contributed by atoms with Crippen molar-refractivity contribution in [2.24, 2.45) is 0 Å². The summed E-state index contributed by atoms with van der Waals surface area (Å²) >= 11 is 1.51. The maximum absolute atomic E-state index is 5.68. The van der Waals surface area contributed by atoms with Crippen LogP contribution in [0, 0.1) is 0 Å². The average Bonchev–Trinajstić information content (AvgIpc) is 2.93. The zero-order valence-corrected chi connectivity index (χ0v) is 13.0. The van der Waals surface area contributed by atoms with Gasteiger partial charge >= 0.3 is 0 Å². The van der Waals surface area contributed by atoms with Gasteiger partial charge in [0.25, 0.3) is 0 Å². The lowest BCUT2D eigenvalue weighted by molar-refractivity contribution is 0.247. The van der Waals surface area contributed by atoms with Gasteiger partial charge in [0.2, 0.25) is 0 Å². The standard InChI is InChI=1S/C15H20N4OS/c1-20-14-5-3-2-4-13(14)19-8-6-18(7-9-19)10-12-11-21-15(16)17-12/h2-5,11H,6-10H2,1H3,(H2,16,17). The Morgan fingerprint density at radius 2 is 2.00 bits per heavy atom. The number of nitrogen functional groups attached to an aromatic ring is 1. The van der Waals surface area contributed by atoms with E-state index in [0.717, 1.165) is 44.2 Å². The molecule has 0 bridgehead atoms. The molecule has 0 unspecified atom stereocenters. The van der Waals surface area contributed by atoms with E-state index in [2.05, 4.69) is 26.9 Å². The van der Waals surface area contributed by atoms with E-state index >= 15 is 0 Å². The molecule has 1 aromatic carbocycles. The summed E-state index contributed by atoms with van der Waals surface area (Å²) in [6, 6.07) is 8.20. The summed E-state index contributed by atoms with van der Waals surface area (Å²) in [4.78, 5) is 9.13. The first-order valence-electron chi connectivity index (χ1n) is 7.06. The number of piperazine rings is 1. The number of hydrogen-bond acceptors (Lipinski definition) is 6. The molecule has 0 amide bonds. The molecule has 0 spiro atoms. The Kier molecular flexibility index (Phi) is 4.26. The van der Waals surface area contributed by atoms with Crippen LogP contribution in [0.25, 0.3) is 0 Å². The number of anilines is 2. The number of benzene rings is 1. The third kappa shape index (κ3) is 3.28. The second-order valence-corrected chi connectivity index (χ2v) is 6.00. The summed E-state index contributed by atoms with van der Waals surface area (Å²) < 4.78 is 5.45. The quantitative estimate of drug-likeness (QED) is 0.937. The van der Waals surface area contributed by atoms with Gasteiger partial charge in [-0.15, -0.1) is 11.3 Å². The van der Waals surface area contributed by atoms with E-state index in [1.165, 1.54) is 17.0 Å². The van der Waals surface area contributed by atoms with Crippen molar-refractivity contribution in [1.29, 1.82) is 0 Å². The Morgan fingerprint density at radius 3 is 2.67 bits per heavy atom. The van der Waals surface area contributed by atoms with Crippen molar-refractivity contribution < 1.29 is 4.74 Å². The molecule has 1 aromatic heterocycles. The van der Waals surface area contributed by atoms with Crippen LogP contribution < -0.4 is 15.4 Å². The molecular formula is C15H20N4OS. The fourth-order valence-electron chi connectivity index (χ4n) is 2.66. The van der Waals surface area contributed by atoms with E-state index in [9.17, 15) is 0 Å². The highest BCUT2D eigenvalue weighted by atomic mass is 32.1. The SMILES string of the molecule is COc1ccccc1N1CCN(Cc2csc(N)n2)CC1. The summed E-state index contributed by atoms with van der Waals surface area (Å²) in [6.45, 7) is 4.93. The molecular weight excluding hydrogens is 284 g/mol. The van der Waals surface area contributed by atoms with E-state index in [1.807, 2.05) is 17.5 Å². The molecule has 3 rings (SSSR count). The van der Waals surface area contributed by atoms with Gasteiger partial charge in [-0.1, -0.05) is 12.1 Å². The molecule has 1 fully saturated rings. The predicted octanol–water partition coefficient (Wildman–Crippen LogP) is 2.06. The molecule has 0 saturated carbocycles. The van der Waals surface area contributed by atoms with Crippen LogP contribution in [0.1, 0.15) is 5.69 Å². The molecule has 5 nitrogen and oxygen atoms in total. The first-order chi connectivity index (χ1) is 10.3. The monoisotopic (exact) mass is 304 g/mol. The first-order valence-corrected chi connectivity index (χ1v) is 7.94. The lowest BCUT2D eigenvalue weighted by Gasteiger charge is -2.36. The third-order valence-corrected chi connectivity index (χ3v) is 4.48. The summed E-state index contributed by atoms with van der Waals surface area (Å²) in [7, 11) is 1.72. The normalized spacial score (nSPS) is 16.1. The van der Waals surface area contributed by atoms with Gasteiger partial charge in [0.05, 0.1) is 18.5 Å². The van der Waals surface area contributed by atoms with Crippen LogP contribution in [0.3, 0.4) is 0 Å². The van der Waals surface area contributed by atoms with Gasteiger partial charge in [0.1, 0.15) is 5.75 Å². The van der Waals surface area contributed by atoms with Crippen LogP contribution in [0.15, 0.2) is 29.6 Å². The molecule has 0 atom stereocenters. The molecule has 1 aliphatic rings. The average molecular weight is 304 g/mol. The minimum absolute atomic E-state index is 0.651. The summed E-state index contributed by atoms with van der Waals surface area (Å²) in [6.07, 6.45) is 0. The summed E-state index contributed by atoms with van der Waals surface area (Å²) in [5.74, 6) is 0.943. The van der Waals surface area contributed by atoms with Gasteiger partial charge < -0.3 is 15.4 Å². The molecule has 1 aliphatic heterocycles. The van der Waals surface area contributed by atoms with E-state index in [-0.39, 0.29) is 0 Å². The van der Waals surface area contributed by atoms with Crippen molar-refractivity contribution >= 4 is 22.2 Å². The van der Waals surface area contributed by atoms with E-state index in [1.54, 1.807) is 7.11 Å². The number of nitrogens with zero attached hydrogens (tertiary/aromatic N) is 3. The van der Waals surface area contributed by atoms with Gasteiger partial charge in [0.15, 0.2) is 5.13 Å². The second-order valence-electron chi connectivity index (χ2n) is 5.11. The highest BCUT2D eigenvalue weighted by Crippen LogP contribution is 2.28. The predicted molar refractivity (Wildman–Crippen MR) is 87.0 cm³/mol. The number of aromatic nitrogens is 1. The number of para-hydroxylation sites is 2. The molecule has 2 heterocycles. The Labute approximate surface area is 129 Å². The van der Waals surface area contributed by atoms with E-state index in [0.29, 0.717) is 5.13 Å². The van der Waals surface area contributed by atoms with Crippen molar-refractivity contribution in [2.75, 3.05) is 43.9 Å². The molecule has 1 saturated heterocycles. The summed E-state index contributed by atoms with van der Waals surface area (Å²) in [5, 5.41) is 2.69. The maximum Gasteiger partial charge on any atom is 0.180 e. The van der Waals surface area contributed by atoms with Crippen LogP contribution in [0.4, 0.5) is 10.8 Å². The molecule has 6 heteroatoms. The van der Waals surface area contributed by atoms with E-state index < -0.39 is 0 Å². The van der Waals surface area contributed by atoms with Gasteiger partial charge in [-0.25, -0.2) is 4.98 Å². The number of ether oxygens (including phenoxy) is 1. The van der Waals surface area contributed by atoms with Crippen LogP contribution in [-0.4, -0.2) is 43.2 Å². The number of hydrogen-bond donors (Lipinski definition) is 1. The zero-order chi connectivity index (χ0) is 14.7. The maximum atomic E-state index is 5.68. The number of nitrogens with two attached hydrogens (primary N) is 1. The minimum Gasteiger partial charge on any atom is -0.495 e. The fourth-order valence-corrected chi connectivity index (χ4v) is 3.22. The van der Waals surface area contributed by atoms with Gasteiger partial charge in [0, 0.05) is 38.1 Å². The molecule has 0 aliphatic carbocycles. The molecule has 0 radical (unpaired) electrons. The topological polar surface area (TPSA) is 54.6 Å². The zero-order valence-electron chi connectivity index (χ0n) is 12.2. The van der Waals surface area contributed by atoms with Crippen molar-refractivity contribution in [1.82, 2.24) is 9.88 Å². The van der Waals surface area contributed by atoms with Crippen molar-refractivity contribution in [3.63, 3.8) is 0 Å². The Hall–Kier alpha value is -1.79. The first kappa shape index (κ1) is 14.2. The van der Waals surface area contributed by atoms with E-state index in [4.69, 9.17) is 10.5 Å². The molecule has 2 N–H and O–H groups in total. The number of thiazole rings is 1. The summed E-state index contributed by atoms with van der Waals surface area (Å²) in [5.41, 5.74) is 7.93. The third-order valence-electron chi connectivity index (χ3n) is 3.75. The number of rotatable bonds is 4. The Balaban J connectivity index is 1.60. The highest BCUT2D eigenvalue weighted by molar-refractivity contribution is 7.13. The van der Waals surface area contributed by atoms with Crippen LogP contribution in [-0.2, 0) is 6.54 Å². The Morgan fingerprint density at radius 1 is 1.24 bits per heavy atom. The second kappa shape index (κ2) is 6.32. The van der Waals surface area contributed by atoms with Gasteiger partial charge in [-0.2, -0.15) is 0 Å². The van der Waals surface area contributed by atoms with Crippen molar-refractivity contribution in [2.45, 2.75) is 6.54 Å². The largest absolute Gasteiger partial charge is 0.495 e. The molecule has 112 valence electrons. The lowest BCUT2D eigenvalue weighted by atomic mass is 10.2. The van der Waals surface area contributed by atoms with Gasteiger partial charge in [-0.3, -0.25) is 4.90 Å². The smallest absolute Gasteiger partial charge is 0.180 e. The Bertz CT molecular complexity index is 593. The lowest BCUT2D eigenvalue weighted by Crippen LogP contribution is -2.46.